The van der Waals surface area contributed by atoms with E-state index in [1.54, 1.807) is 6.07 Å². The van der Waals surface area contributed by atoms with E-state index < -0.39 is 0 Å². The van der Waals surface area contributed by atoms with Crippen LogP contribution >= 0.6 is 0 Å². The topological polar surface area (TPSA) is 110 Å². The van der Waals surface area contributed by atoms with Gasteiger partial charge >= 0.3 is 0 Å². The molecule has 8 heteroatoms. The van der Waals surface area contributed by atoms with Crippen LogP contribution < -0.4 is 5.32 Å². The van der Waals surface area contributed by atoms with E-state index in [0.717, 1.165) is 0 Å². The van der Waals surface area contributed by atoms with Crippen molar-refractivity contribution in [3.8, 4) is 0 Å². The number of aromatic amines is 1. The van der Waals surface area contributed by atoms with Crippen LogP contribution in [0.25, 0.3) is 0 Å². The third-order valence-electron chi connectivity index (χ3n) is 2.70. The quantitative estimate of drug-likeness (QED) is 0.828. The number of nitrogens with zero attached hydrogens (tertiary/aromatic N) is 4. The van der Waals surface area contributed by atoms with Gasteiger partial charge in [-0.05, 0) is 0 Å². The maximum absolute atomic E-state index is 11.9. The van der Waals surface area contributed by atoms with Gasteiger partial charge in [-0.15, -0.1) is 10.2 Å². The van der Waals surface area contributed by atoms with Crippen LogP contribution in [-0.4, -0.2) is 38.2 Å². The molecule has 0 saturated heterocycles. The third kappa shape index (κ3) is 3.15. The van der Waals surface area contributed by atoms with Gasteiger partial charge in [-0.3, -0.25) is 4.79 Å². The van der Waals surface area contributed by atoms with Crippen LogP contribution in [0.5, 0.6) is 0 Å². The molecule has 102 valence electrons. The summed E-state index contributed by atoms with van der Waals surface area (Å²) in [5, 5.41) is 20.1. The molecule has 8 nitrogen and oxygen atoms in total. The Morgan fingerprint density at radius 2 is 2.26 bits per heavy atom. The number of hydrogen-bond donors (Lipinski definition) is 2. The largest absolute Gasteiger partial charge is 0.360 e. The van der Waals surface area contributed by atoms with Gasteiger partial charge in [-0.2, -0.15) is 5.21 Å². The minimum atomic E-state index is -0.272. The average Bonchev–Trinajstić information content (AvgIpc) is 3.05. The van der Waals surface area contributed by atoms with E-state index in [2.05, 4.69) is 31.1 Å². The number of H-pyrrole nitrogens is 1. The second kappa shape index (κ2) is 5.59. The maximum atomic E-state index is 11.9. The van der Waals surface area contributed by atoms with Gasteiger partial charge in [0.1, 0.15) is 5.76 Å². The molecule has 2 aromatic rings. The number of carbonyl (C=O) groups excluding carboxylic acids is 1. The zero-order chi connectivity index (χ0) is 13.8. The Kier molecular flexibility index (Phi) is 3.88. The van der Waals surface area contributed by atoms with E-state index in [9.17, 15) is 4.79 Å². The predicted octanol–water partition coefficient (Wildman–Crippen LogP) is 0.845. The number of aromatic nitrogens is 5. The molecule has 0 unspecified atom stereocenters. The maximum Gasteiger partial charge on any atom is 0.273 e. The van der Waals surface area contributed by atoms with E-state index in [1.807, 2.05) is 20.8 Å². The molecule has 0 spiro atoms. The lowest BCUT2D eigenvalue weighted by Crippen LogP contribution is -2.28. The van der Waals surface area contributed by atoms with Crippen molar-refractivity contribution < 1.29 is 9.32 Å². The highest BCUT2D eigenvalue weighted by Gasteiger charge is 2.16. The Morgan fingerprint density at radius 3 is 2.84 bits per heavy atom. The molecule has 2 heterocycles. The number of hydrogen-bond acceptors (Lipinski definition) is 6. The van der Waals surface area contributed by atoms with Crippen molar-refractivity contribution in [1.29, 1.82) is 0 Å². The van der Waals surface area contributed by atoms with Crippen molar-refractivity contribution in [2.45, 2.75) is 32.6 Å². The number of rotatable bonds is 5. The molecule has 0 radical (unpaired) electrons. The predicted molar refractivity (Wildman–Crippen MR) is 65.5 cm³/mol. The third-order valence-corrected chi connectivity index (χ3v) is 2.70. The molecule has 1 atom stereocenters. The van der Waals surface area contributed by atoms with E-state index in [0.29, 0.717) is 18.1 Å². The summed E-state index contributed by atoms with van der Waals surface area (Å²) >= 11 is 0. The molecule has 1 amide bonds. The summed E-state index contributed by atoms with van der Waals surface area (Å²) in [5.74, 6) is 1.15. The summed E-state index contributed by atoms with van der Waals surface area (Å²) in [5.41, 5.74) is 0.281. The standard InChI is InChI=1S/C11H16N6O2/c1-6(2)9-4-8(15-19-9)11(18)12-5-7(3)10-13-16-17-14-10/h4,6-7H,5H2,1-3H3,(H,12,18)(H,13,14,16,17)/t7-/m0/s1. The van der Waals surface area contributed by atoms with Crippen LogP contribution in [0.2, 0.25) is 0 Å². The molecule has 2 rings (SSSR count). The van der Waals surface area contributed by atoms with Gasteiger partial charge in [0, 0.05) is 24.4 Å². The molecule has 0 aliphatic carbocycles. The van der Waals surface area contributed by atoms with E-state index in [-0.39, 0.29) is 23.4 Å². The van der Waals surface area contributed by atoms with Gasteiger partial charge in [-0.25, -0.2) is 0 Å². The van der Waals surface area contributed by atoms with Crippen LogP contribution in [0.15, 0.2) is 10.6 Å². The second-order valence-corrected chi connectivity index (χ2v) is 4.65. The Labute approximate surface area is 109 Å². The summed E-state index contributed by atoms with van der Waals surface area (Å²) in [7, 11) is 0. The minimum Gasteiger partial charge on any atom is -0.360 e. The van der Waals surface area contributed by atoms with E-state index >= 15 is 0 Å². The van der Waals surface area contributed by atoms with Crippen molar-refractivity contribution in [3.05, 3.63) is 23.3 Å². The summed E-state index contributed by atoms with van der Waals surface area (Å²) in [4.78, 5) is 11.9. The van der Waals surface area contributed by atoms with Crippen molar-refractivity contribution >= 4 is 5.91 Å². The van der Waals surface area contributed by atoms with Gasteiger partial charge in [0.05, 0.1) is 0 Å². The second-order valence-electron chi connectivity index (χ2n) is 4.65. The molecule has 2 aromatic heterocycles. The highest BCUT2D eigenvalue weighted by Crippen LogP contribution is 2.15. The molecular weight excluding hydrogens is 248 g/mol. The number of carbonyl (C=O) groups is 1. The van der Waals surface area contributed by atoms with Crippen LogP contribution in [0, 0.1) is 0 Å². The Morgan fingerprint density at radius 1 is 1.47 bits per heavy atom. The fourth-order valence-corrected chi connectivity index (χ4v) is 1.47. The average molecular weight is 264 g/mol. The molecule has 0 bridgehead atoms. The lowest BCUT2D eigenvalue weighted by molar-refractivity contribution is 0.0942. The number of amides is 1. The fraction of sp³-hybridized carbons (Fsp3) is 0.545. The molecule has 2 N–H and O–H groups in total. The lowest BCUT2D eigenvalue weighted by atomic mass is 10.1. The molecule has 0 aromatic carbocycles. The smallest absolute Gasteiger partial charge is 0.273 e. The van der Waals surface area contributed by atoms with Crippen molar-refractivity contribution in [2.75, 3.05) is 6.54 Å². The van der Waals surface area contributed by atoms with Crippen LogP contribution in [0.4, 0.5) is 0 Å². The fourth-order valence-electron chi connectivity index (χ4n) is 1.47. The zero-order valence-corrected chi connectivity index (χ0v) is 11.0. The number of tetrazole rings is 1. The lowest BCUT2D eigenvalue weighted by Gasteiger charge is -2.06. The first-order valence-electron chi connectivity index (χ1n) is 6.06. The molecule has 0 aliphatic heterocycles. The SMILES string of the molecule is CC(C)c1cc(C(=O)NC[C@H](C)c2nn[nH]n2)no1. The van der Waals surface area contributed by atoms with E-state index in [4.69, 9.17) is 4.52 Å². The molecule has 0 aliphatic rings. The highest BCUT2D eigenvalue weighted by molar-refractivity contribution is 5.92. The van der Waals surface area contributed by atoms with Crippen molar-refractivity contribution in [3.63, 3.8) is 0 Å². The first-order valence-corrected chi connectivity index (χ1v) is 6.06. The van der Waals surface area contributed by atoms with Crippen LogP contribution in [0.1, 0.15) is 54.7 Å². The monoisotopic (exact) mass is 264 g/mol. The van der Waals surface area contributed by atoms with Crippen molar-refractivity contribution in [2.24, 2.45) is 0 Å². The zero-order valence-electron chi connectivity index (χ0n) is 11.0. The Balaban J connectivity index is 1.90. The van der Waals surface area contributed by atoms with Crippen molar-refractivity contribution in [1.82, 2.24) is 31.1 Å². The summed E-state index contributed by atoms with van der Waals surface area (Å²) in [6.45, 7) is 6.25. The normalized spacial score (nSPS) is 12.6. The Bertz CT molecular complexity index is 533. The van der Waals surface area contributed by atoms with Gasteiger partial charge in [-0.1, -0.05) is 31.1 Å². The minimum absolute atomic E-state index is 0.0285. The van der Waals surface area contributed by atoms with Gasteiger partial charge in [0.25, 0.3) is 5.91 Å². The molecule has 0 saturated carbocycles. The Hall–Kier alpha value is -2.25. The van der Waals surface area contributed by atoms with Gasteiger partial charge in [0.2, 0.25) is 0 Å². The summed E-state index contributed by atoms with van der Waals surface area (Å²) in [6.07, 6.45) is 0. The highest BCUT2D eigenvalue weighted by atomic mass is 16.5. The molecular formula is C11H16N6O2. The molecule has 19 heavy (non-hydrogen) atoms. The van der Waals surface area contributed by atoms with Crippen LogP contribution in [0.3, 0.4) is 0 Å². The summed E-state index contributed by atoms with van der Waals surface area (Å²) in [6, 6.07) is 1.65. The van der Waals surface area contributed by atoms with E-state index in [1.165, 1.54) is 0 Å². The van der Waals surface area contributed by atoms with Gasteiger partial charge in [0.15, 0.2) is 11.5 Å². The number of nitrogens with one attached hydrogen (secondary N) is 2. The molecule has 0 fully saturated rings. The first-order chi connectivity index (χ1) is 9.08. The van der Waals surface area contributed by atoms with Crippen LogP contribution in [-0.2, 0) is 0 Å². The first kappa shape index (κ1) is 13.2. The van der Waals surface area contributed by atoms with Gasteiger partial charge < -0.3 is 9.84 Å². The summed E-state index contributed by atoms with van der Waals surface area (Å²) < 4.78 is 5.08.